The van der Waals surface area contributed by atoms with E-state index in [1.807, 2.05) is 6.07 Å². The van der Waals surface area contributed by atoms with Gasteiger partial charge in [-0.05, 0) is 92.7 Å². The first-order chi connectivity index (χ1) is 14.5. The average Bonchev–Trinajstić information content (AvgIpc) is 2.72. The molecular formula is C24H26FN3O2. The van der Waals surface area contributed by atoms with E-state index in [-0.39, 0.29) is 17.2 Å². The quantitative estimate of drug-likeness (QED) is 0.781. The van der Waals surface area contributed by atoms with Crippen LogP contribution in [-0.2, 0) is 4.79 Å². The first-order valence-corrected chi connectivity index (χ1v) is 10.8. The second-order valence-electron chi connectivity index (χ2n) is 9.40. The Kier molecular flexibility index (Phi) is 4.80. The Hall–Kier alpha value is -2.76. The minimum Gasteiger partial charge on any atom is -0.340 e. The fourth-order valence-electron chi connectivity index (χ4n) is 6.48. The Morgan fingerprint density at radius 2 is 1.60 bits per heavy atom. The molecule has 6 rings (SSSR count). The molecule has 4 bridgehead atoms. The van der Waals surface area contributed by atoms with Crippen molar-refractivity contribution in [1.82, 2.24) is 10.3 Å². The van der Waals surface area contributed by atoms with Gasteiger partial charge in [0, 0.05) is 17.2 Å². The second-order valence-corrected chi connectivity index (χ2v) is 9.40. The summed E-state index contributed by atoms with van der Waals surface area (Å²) in [5.41, 5.74) is 0.139. The number of hydrogen-bond acceptors (Lipinski definition) is 3. The normalized spacial score (nSPS) is 30.0. The number of anilines is 1. The molecule has 2 aromatic rings. The number of pyridine rings is 1. The number of amides is 2. The molecule has 1 atom stereocenters. The summed E-state index contributed by atoms with van der Waals surface area (Å²) in [4.78, 5) is 30.6. The summed E-state index contributed by atoms with van der Waals surface area (Å²) >= 11 is 0. The van der Waals surface area contributed by atoms with E-state index in [0.29, 0.717) is 29.1 Å². The smallest absolute Gasteiger partial charge is 0.251 e. The fraction of sp³-hybridized carbons (Fsp3) is 0.458. The van der Waals surface area contributed by atoms with Gasteiger partial charge in [-0.2, -0.15) is 0 Å². The van der Waals surface area contributed by atoms with Gasteiger partial charge in [0.25, 0.3) is 5.91 Å². The minimum atomic E-state index is -0.634. The van der Waals surface area contributed by atoms with Crippen molar-refractivity contribution in [2.75, 3.05) is 5.32 Å². The summed E-state index contributed by atoms with van der Waals surface area (Å²) in [5, 5.41) is 5.94. The fourth-order valence-corrected chi connectivity index (χ4v) is 6.48. The predicted octanol–water partition coefficient (Wildman–Crippen LogP) is 4.17. The predicted molar refractivity (Wildman–Crippen MR) is 111 cm³/mol. The third-order valence-electron chi connectivity index (χ3n) is 7.26. The third kappa shape index (κ3) is 3.59. The van der Waals surface area contributed by atoms with Crippen molar-refractivity contribution < 1.29 is 14.0 Å². The summed E-state index contributed by atoms with van der Waals surface area (Å²) in [6, 6.07) is 10.2. The molecule has 0 saturated heterocycles. The van der Waals surface area contributed by atoms with Crippen LogP contribution in [0, 0.1) is 29.0 Å². The standard InChI is InChI=1S/C24H26FN3O2/c25-19-6-4-18(5-7-19)22(29)28-21(23(30)27-20-3-1-2-8-26-20)24-12-15-9-16(13-24)11-17(10-15)14-24/h1-8,15-17,21H,9-14H2,(H,28,29)(H,26,27,30)/t15?,16?,17?,21-,24?/m0/s1. The zero-order valence-electron chi connectivity index (χ0n) is 16.8. The summed E-state index contributed by atoms with van der Waals surface area (Å²) in [5.74, 6) is 1.46. The lowest BCUT2D eigenvalue weighted by Crippen LogP contribution is -2.61. The Bertz CT molecular complexity index is 909. The van der Waals surface area contributed by atoms with Crippen molar-refractivity contribution in [2.24, 2.45) is 23.2 Å². The molecule has 0 unspecified atom stereocenters. The molecule has 30 heavy (non-hydrogen) atoms. The first-order valence-electron chi connectivity index (χ1n) is 10.8. The highest BCUT2D eigenvalue weighted by Crippen LogP contribution is 2.61. The largest absolute Gasteiger partial charge is 0.340 e. The van der Waals surface area contributed by atoms with Gasteiger partial charge in [0.2, 0.25) is 5.91 Å². The molecule has 5 nitrogen and oxygen atoms in total. The van der Waals surface area contributed by atoms with Gasteiger partial charge in [0.1, 0.15) is 17.7 Å². The van der Waals surface area contributed by atoms with Crippen LogP contribution in [0.15, 0.2) is 48.7 Å². The lowest BCUT2D eigenvalue weighted by atomic mass is 9.47. The highest BCUT2D eigenvalue weighted by atomic mass is 19.1. The van der Waals surface area contributed by atoms with E-state index in [0.717, 1.165) is 19.3 Å². The highest BCUT2D eigenvalue weighted by Gasteiger charge is 2.56. The van der Waals surface area contributed by atoms with Crippen molar-refractivity contribution >= 4 is 17.6 Å². The molecule has 1 aromatic carbocycles. The Morgan fingerprint density at radius 3 is 2.17 bits per heavy atom. The molecule has 4 aliphatic rings. The van der Waals surface area contributed by atoms with Crippen LogP contribution in [0.5, 0.6) is 0 Å². The van der Waals surface area contributed by atoms with Crippen molar-refractivity contribution in [3.05, 3.63) is 60.0 Å². The number of hydrogen-bond donors (Lipinski definition) is 2. The van der Waals surface area contributed by atoms with Gasteiger partial charge in [-0.3, -0.25) is 9.59 Å². The number of nitrogens with one attached hydrogen (secondary N) is 2. The maximum atomic E-state index is 13.4. The van der Waals surface area contributed by atoms with Gasteiger partial charge in [0.15, 0.2) is 0 Å². The number of rotatable bonds is 5. The van der Waals surface area contributed by atoms with Gasteiger partial charge in [-0.15, -0.1) is 0 Å². The topological polar surface area (TPSA) is 71.1 Å². The highest BCUT2D eigenvalue weighted by molar-refractivity contribution is 6.01. The van der Waals surface area contributed by atoms with Crippen LogP contribution in [0.2, 0.25) is 0 Å². The van der Waals surface area contributed by atoms with E-state index in [1.54, 1.807) is 18.3 Å². The van der Waals surface area contributed by atoms with Crippen LogP contribution >= 0.6 is 0 Å². The molecule has 4 aliphatic carbocycles. The van der Waals surface area contributed by atoms with E-state index in [9.17, 15) is 14.0 Å². The van der Waals surface area contributed by atoms with Crippen LogP contribution in [0.3, 0.4) is 0 Å². The van der Waals surface area contributed by atoms with Crippen LogP contribution < -0.4 is 10.6 Å². The van der Waals surface area contributed by atoms with Gasteiger partial charge in [0.05, 0.1) is 0 Å². The number of nitrogens with zero attached hydrogens (tertiary/aromatic N) is 1. The Balaban J connectivity index is 1.44. The zero-order chi connectivity index (χ0) is 20.7. The molecule has 1 heterocycles. The van der Waals surface area contributed by atoms with Crippen LogP contribution in [-0.4, -0.2) is 22.8 Å². The molecule has 2 amide bonds. The summed E-state index contributed by atoms with van der Waals surface area (Å²) in [7, 11) is 0. The maximum absolute atomic E-state index is 13.4. The van der Waals surface area contributed by atoms with Crippen molar-refractivity contribution in [3.8, 4) is 0 Å². The molecule has 0 spiro atoms. The van der Waals surface area contributed by atoms with E-state index in [2.05, 4.69) is 15.6 Å². The molecule has 4 fully saturated rings. The van der Waals surface area contributed by atoms with E-state index in [1.165, 1.54) is 43.5 Å². The lowest BCUT2D eigenvalue weighted by molar-refractivity contribution is -0.129. The van der Waals surface area contributed by atoms with Gasteiger partial charge < -0.3 is 10.6 Å². The zero-order valence-corrected chi connectivity index (χ0v) is 16.8. The SMILES string of the molecule is O=C(N[C@@H](C(=O)Nc1ccccn1)C12CC3CC(CC(C3)C1)C2)c1ccc(F)cc1. The molecule has 6 heteroatoms. The lowest BCUT2D eigenvalue weighted by Gasteiger charge is -2.58. The molecule has 1 aromatic heterocycles. The third-order valence-corrected chi connectivity index (χ3v) is 7.26. The monoisotopic (exact) mass is 407 g/mol. The van der Waals surface area contributed by atoms with E-state index in [4.69, 9.17) is 0 Å². The number of carbonyl (C=O) groups is 2. The average molecular weight is 407 g/mol. The van der Waals surface area contributed by atoms with Crippen LogP contribution in [0.4, 0.5) is 10.2 Å². The van der Waals surface area contributed by atoms with Gasteiger partial charge in [-0.25, -0.2) is 9.37 Å². The summed E-state index contributed by atoms with van der Waals surface area (Å²) in [6.45, 7) is 0. The molecular weight excluding hydrogens is 381 g/mol. The number of halogens is 1. The number of benzene rings is 1. The van der Waals surface area contributed by atoms with E-state index >= 15 is 0 Å². The Labute approximate surface area is 175 Å². The number of aromatic nitrogens is 1. The Morgan fingerprint density at radius 1 is 0.967 bits per heavy atom. The summed E-state index contributed by atoms with van der Waals surface area (Å²) in [6.07, 6.45) is 8.31. The van der Waals surface area contributed by atoms with E-state index < -0.39 is 11.9 Å². The minimum absolute atomic E-state index is 0.217. The second kappa shape index (κ2) is 7.49. The van der Waals surface area contributed by atoms with Crippen LogP contribution in [0.25, 0.3) is 0 Å². The van der Waals surface area contributed by atoms with Gasteiger partial charge in [-0.1, -0.05) is 6.07 Å². The van der Waals surface area contributed by atoms with Crippen molar-refractivity contribution in [1.29, 1.82) is 0 Å². The molecule has 156 valence electrons. The van der Waals surface area contributed by atoms with Crippen molar-refractivity contribution in [3.63, 3.8) is 0 Å². The maximum Gasteiger partial charge on any atom is 0.251 e. The summed E-state index contributed by atoms with van der Waals surface area (Å²) < 4.78 is 13.3. The molecule has 0 radical (unpaired) electrons. The molecule has 0 aliphatic heterocycles. The molecule has 2 N–H and O–H groups in total. The van der Waals surface area contributed by atoms with Gasteiger partial charge >= 0.3 is 0 Å². The number of carbonyl (C=O) groups excluding carboxylic acids is 2. The molecule has 4 saturated carbocycles. The van der Waals surface area contributed by atoms with Crippen LogP contribution in [0.1, 0.15) is 48.9 Å². The first kappa shape index (κ1) is 19.2. The van der Waals surface area contributed by atoms with Crippen molar-refractivity contribution in [2.45, 2.75) is 44.6 Å².